The number of likely N-dealkylation sites (N-methyl/N-ethyl adjacent to an activating group) is 1. The molecule has 0 aliphatic heterocycles. The zero-order chi connectivity index (χ0) is 20.5. The van der Waals surface area contributed by atoms with Gasteiger partial charge in [0.25, 0.3) is 5.69 Å². The van der Waals surface area contributed by atoms with Gasteiger partial charge in [0.05, 0.1) is 11.5 Å². The Morgan fingerprint density at radius 2 is 1.79 bits per heavy atom. The number of hydrogen-bond donors (Lipinski definition) is 2. The van der Waals surface area contributed by atoms with Crippen molar-refractivity contribution in [3.8, 4) is 0 Å². The van der Waals surface area contributed by atoms with Gasteiger partial charge in [-0.25, -0.2) is 0 Å². The van der Waals surface area contributed by atoms with Gasteiger partial charge in [-0.2, -0.15) is 0 Å². The second-order valence-corrected chi connectivity index (χ2v) is 6.49. The van der Waals surface area contributed by atoms with Gasteiger partial charge in [0.15, 0.2) is 0 Å². The molecule has 1 amide bonds. The van der Waals surface area contributed by atoms with Crippen molar-refractivity contribution in [3.05, 3.63) is 70.3 Å². The highest BCUT2D eigenvalue weighted by Crippen LogP contribution is 2.26. The van der Waals surface area contributed by atoms with E-state index in [4.69, 9.17) is 5.11 Å². The lowest BCUT2D eigenvalue weighted by Crippen LogP contribution is -2.42. The Balaban J connectivity index is 2.03. The first-order valence-corrected chi connectivity index (χ1v) is 8.86. The lowest BCUT2D eigenvalue weighted by atomic mass is 10.0. The second-order valence-electron chi connectivity index (χ2n) is 6.49. The van der Waals surface area contributed by atoms with Crippen LogP contribution in [0.4, 0.5) is 11.4 Å². The largest absolute Gasteiger partial charge is 0.481 e. The number of carbonyl (C=O) groups is 2. The van der Waals surface area contributed by atoms with Gasteiger partial charge in [-0.3, -0.25) is 19.7 Å². The summed E-state index contributed by atoms with van der Waals surface area (Å²) >= 11 is 0. The maximum atomic E-state index is 12.5. The zero-order valence-electron chi connectivity index (χ0n) is 15.6. The molecule has 0 saturated carbocycles. The molecule has 0 bridgehead atoms. The minimum absolute atomic E-state index is 0.0578. The van der Waals surface area contributed by atoms with Crippen molar-refractivity contribution in [3.63, 3.8) is 0 Å². The highest BCUT2D eigenvalue weighted by Gasteiger charge is 2.20. The minimum atomic E-state index is -0.927. The molecule has 8 nitrogen and oxygen atoms in total. The molecule has 2 aromatic carbocycles. The number of carbonyl (C=O) groups excluding carboxylic acids is 1. The molecule has 0 spiro atoms. The molecule has 0 saturated heterocycles. The van der Waals surface area contributed by atoms with Crippen LogP contribution >= 0.6 is 0 Å². The van der Waals surface area contributed by atoms with Crippen molar-refractivity contribution in [2.24, 2.45) is 0 Å². The van der Waals surface area contributed by atoms with E-state index in [-0.39, 0.29) is 30.6 Å². The summed E-state index contributed by atoms with van der Waals surface area (Å²) in [7, 11) is 1.60. The van der Waals surface area contributed by atoms with Crippen LogP contribution in [-0.2, 0) is 16.0 Å². The molecule has 0 aliphatic rings. The fourth-order valence-electron chi connectivity index (χ4n) is 2.94. The molecular weight excluding hydrogens is 362 g/mol. The number of anilines is 1. The normalized spacial score (nSPS) is 11.5. The van der Waals surface area contributed by atoms with Gasteiger partial charge in [0.1, 0.15) is 5.69 Å². The van der Waals surface area contributed by atoms with Crippen molar-refractivity contribution in [1.29, 1.82) is 0 Å². The Labute approximate surface area is 162 Å². The summed E-state index contributed by atoms with van der Waals surface area (Å²) in [4.78, 5) is 35.6. The van der Waals surface area contributed by atoms with Crippen LogP contribution in [0.25, 0.3) is 0 Å². The molecule has 2 N–H and O–H groups in total. The van der Waals surface area contributed by atoms with Gasteiger partial charge in [-0.15, -0.1) is 0 Å². The maximum Gasteiger partial charge on any atom is 0.303 e. The first-order valence-electron chi connectivity index (χ1n) is 8.86. The van der Waals surface area contributed by atoms with E-state index in [0.29, 0.717) is 18.5 Å². The van der Waals surface area contributed by atoms with Gasteiger partial charge >= 0.3 is 5.97 Å². The van der Waals surface area contributed by atoms with E-state index in [1.165, 1.54) is 11.0 Å². The zero-order valence-corrected chi connectivity index (χ0v) is 15.6. The molecule has 0 heterocycles. The smallest absolute Gasteiger partial charge is 0.303 e. The average Bonchev–Trinajstić information content (AvgIpc) is 2.66. The fourth-order valence-corrected chi connectivity index (χ4v) is 2.94. The molecule has 0 aliphatic carbocycles. The van der Waals surface area contributed by atoms with Gasteiger partial charge in [-0.1, -0.05) is 42.5 Å². The van der Waals surface area contributed by atoms with Crippen LogP contribution < -0.4 is 10.2 Å². The van der Waals surface area contributed by atoms with Crippen molar-refractivity contribution >= 4 is 23.3 Å². The molecule has 1 atom stereocenters. The number of nitrogens with one attached hydrogen (secondary N) is 1. The summed E-state index contributed by atoms with van der Waals surface area (Å²) in [6, 6.07) is 15.3. The van der Waals surface area contributed by atoms with Crippen LogP contribution in [0.5, 0.6) is 0 Å². The van der Waals surface area contributed by atoms with E-state index in [9.17, 15) is 19.7 Å². The van der Waals surface area contributed by atoms with Crippen LogP contribution in [0.3, 0.4) is 0 Å². The third-order valence-electron chi connectivity index (χ3n) is 4.27. The van der Waals surface area contributed by atoms with Crippen molar-refractivity contribution in [2.45, 2.75) is 25.3 Å². The van der Waals surface area contributed by atoms with E-state index >= 15 is 0 Å². The Hall–Kier alpha value is -3.42. The summed E-state index contributed by atoms with van der Waals surface area (Å²) in [5.74, 6) is -1.25. The Kier molecular flexibility index (Phi) is 7.50. The molecule has 8 heteroatoms. The van der Waals surface area contributed by atoms with Crippen molar-refractivity contribution in [1.82, 2.24) is 5.32 Å². The van der Waals surface area contributed by atoms with Gasteiger partial charge in [0, 0.05) is 25.6 Å². The van der Waals surface area contributed by atoms with E-state index in [2.05, 4.69) is 5.32 Å². The molecule has 0 radical (unpaired) electrons. The van der Waals surface area contributed by atoms with Crippen LogP contribution in [-0.4, -0.2) is 41.5 Å². The van der Waals surface area contributed by atoms with Crippen LogP contribution in [0.15, 0.2) is 54.6 Å². The number of hydrogen-bond acceptors (Lipinski definition) is 5. The van der Waals surface area contributed by atoms with E-state index in [1.54, 1.807) is 25.2 Å². The SMILES string of the molecule is CN(CC(=O)NC(CCC(=O)O)Cc1ccccc1)c1ccccc1[N+](=O)[O-]. The number of benzene rings is 2. The first-order chi connectivity index (χ1) is 13.4. The van der Waals surface area contributed by atoms with Crippen molar-refractivity contribution in [2.75, 3.05) is 18.5 Å². The Morgan fingerprint density at radius 3 is 2.43 bits per heavy atom. The highest BCUT2D eigenvalue weighted by atomic mass is 16.6. The number of nitrogens with zero attached hydrogens (tertiary/aromatic N) is 2. The lowest BCUT2D eigenvalue weighted by molar-refractivity contribution is -0.384. The number of amides is 1. The summed E-state index contributed by atoms with van der Waals surface area (Å²) in [5.41, 5.74) is 1.25. The van der Waals surface area contributed by atoms with Crippen molar-refractivity contribution < 1.29 is 19.6 Å². The molecule has 0 fully saturated rings. The number of nitro benzene ring substituents is 1. The van der Waals surface area contributed by atoms with Gasteiger partial charge in [-0.05, 0) is 24.5 Å². The third kappa shape index (κ3) is 6.39. The Morgan fingerprint density at radius 1 is 1.14 bits per heavy atom. The summed E-state index contributed by atoms with van der Waals surface area (Å²) in [6.45, 7) is -0.0801. The van der Waals surface area contributed by atoms with Crippen LogP contribution in [0.2, 0.25) is 0 Å². The molecule has 2 rings (SSSR count). The number of para-hydroxylation sites is 2. The quantitative estimate of drug-likeness (QED) is 0.480. The topological polar surface area (TPSA) is 113 Å². The predicted octanol–water partition coefficient (Wildman–Crippen LogP) is 2.62. The van der Waals surface area contributed by atoms with Gasteiger partial charge in [0.2, 0.25) is 5.91 Å². The first kappa shape index (κ1) is 20.9. The maximum absolute atomic E-state index is 12.5. The van der Waals surface area contributed by atoms with E-state index in [1.807, 2.05) is 30.3 Å². The fraction of sp³-hybridized carbons (Fsp3) is 0.300. The third-order valence-corrected chi connectivity index (χ3v) is 4.27. The van der Waals surface area contributed by atoms with Crippen LogP contribution in [0.1, 0.15) is 18.4 Å². The molecule has 148 valence electrons. The predicted molar refractivity (Wildman–Crippen MR) is 105 cm³/mol. The monoisotopic (exact) mass is 385 g/mol. The van der Waals surface area contributed by atoms with E-state index in [0.717, 1.165) is 5.56 Å². The molecule has 28 heavy (non-hydrogen) atoms. The standard InChI is InChI=1S/C20H23N3O5/c1-22(17-9-5-6-10-18(17)23(27)28)14-19(24)21-16(11-12-20(25)26)13-15-7-3-2-4-8-15/h2-10,16H,11-14H2,1H3,(H,21,24)(H,25,26). The number of aliphatic carboxylic acids is 1. The Bertz CT molecular complexity index is 826. The lowest BCUT2D eigenvalue weighted by Gasteiger charge is -2.22. The number of carboxylic acid groups (broad SMARTS) is 1. The van der Waals surface area contributed by atoms with Gasteiger partial charge < -0.3 is 15.3 Å². The average molecular weight is 385 g/mol. The molecule has 2 aromatic rings. The summed E-state index contributed by atoms with van der Waals surface area (Å²) in [6.07, 6.45) is 0.748. The summed E-state index contributed by atoms with van der Waals surface area (Å²) < 4.78 is 0. The second kappa shape index (κ2) is 10.1. The molecule has 1 unspecified atom stereocenters. The number of nitro groups is 1. The summed E-state index contributed by atoms with van der Waals surface area (Å²) in [5, 5.41) is 23.0. The highest BCUT2D eigenvalue weighted by molar-refractivity contribution is 5.82. The minimum Gasteiger partial charge on any atom is -0.481 e. The number of rotatable bonds is 10. The van der Waals surface area contributed by atoms with Crippen LogP contribution in [0, 0.1) is 10.1 Å². The number of carboxylic acids is 1. The van der Waals surface area contributed by atoms with E-state index < -0.39 is 10.9 Å². The molecular formula is C20H23N3O5. The molecule has 0 aromatic heterocycles.